The first-order valence-electron chi connectivity index (χ1n) is 2.57. The Hall–Kier alpha value is 0.467. The van der Waals surface area contributed by atoms with Gasteiger partial charge in [0.05, 0.1) is 22.0 Å². The summed E-state index contributed by atoms with van der Waals surface area (Å²) < 4.78 is 29.7. The van der Waals surface area contributed by atoms with Crippen molar-refractivity contribution >= 4 is 10.1 Å². The monoisotopic (exact) mass is 160 g/mol. The molecule has 1 unspecified atom stereocenters. The maximum Gasteiger partial charge on any atom is 1.00 e. The third-order valence-corrected chi connectivity index (χ3v) is 1.66. The fourth-order valence-electron chi connectivity index (χ4n) is 0.353. The van der Waals surface area contributed by atoms with Crippen LogP contribution in [0.15, 0.2) is 0 Å². The average molecular weight is 160 g/mol. The molecular formula is C4H9LiO4S. The standard InChI is InChI=1S/C4H10O4S.Li/c1-2-4(5)3-9(6,7)8;/h4-5H,2-3H2,1H3,(H,6,7,8);/q;+1/p-1. The molecule has 0 heterocycles. The molecule has 0 saturated carbocycles. The van der Waals surface area contributed by atoms with Gasteiger partial charge in [-0.15, -0.1) is 0 Å². The smallest absolute Gasteiger partial charge is 0.748 e. The fourth-order valence-corrected chi connectivity index (χ4v) is 1.06. The molecule has 56 valence electrons. The van der Waals surface area contributed by atoms with E-state index in [1.165, 1.54) is 0 Å². The molecule has 0 aliphatic rings. The van der Waals surface area contributed by atoms with Gasteiger partial charge in [-0.25, -0.2) is 8.42 Å². The molecular weight excluding hydrogens is 151 g/mol. The molecule has 0 fully saturated rings. The van der Waals surface area contributed by atoms with E-state index in [2.05, 4.69) is 0 Å². The van der Waals surface area contributed by atoms with Crippen LogP contribution in [-0.4, -0.2) is 29.9 Å². The SMILES string of the molecule is CCC(O)CS(=O)(=O)[O-].[Li+]. The molecule has 0 aromatic heterocycles. The molecule has 1 atom stereocenters. The van der Waals surface area contributed by atoms with Crippen molar-refractivity contribution in [1.29, 1.82) is 0 Å². The van der Waals surface area contributed by atoms with Gasteiger partial charge in [0, 0.05) is 0 Å². The summed E-state index contributed by atoms with van der Waals surface area (Å²) in [5.74, 6) is -0.677. The maximum absolute atomic E-state index is 9.88. The van der Waals surface area contributed by atoms with Crippen LogP contribution < -0.4 is 18.9 Å². The summed E-state index contributed by atoms with van der Waals surface area (Å²) in [6.07, 6.45) is -0.714. The summed E-state index contributed by atoms with van der Waals surface area (Å²) in [6.45, 7) is 1.61. The number of hydrogen-bond donors (Lipinski definition) is 1. The summed E-state index contributed by atoms with van der Waals surface area (Å²) in [7, 11) is -4.24. The van der Waals surface area contributed by atoms with Gasteiger partial charge in [0.25, 0.3) is 0 Å². The van der Waals surface area contributed by atoms with Crippen molar-refractivity contribution in [3.05, 3.63) is 0 Å². The molecule has 10 heavy (non-hydrogen) atoms. The number of hydrogen-bond acceptors (Lipinski definition) is 4. The zero-order valence-corrected chi connectivity index (χ0v) is 6.89. The molecule has 0 aromatic rings. The Morgan fingerprint density at radius 1 is 1.60 bits per heavy atom. The van der Waals surface area contributed by atoms with Gasteiger partial charge in [-0.3, -0.25) is 0 Å². The Kier molecular flexibility index (Phi) is 6.75. The van der Waals surface area contributed by atoms with Crippen LogP contribution in [0.5, 0.6) is 0 Å². The molecule has 0 aliphatic heterocycles. The predicted octanol–water partition coefficient (Wildman–Crippen LogP) is -3.69. The van der Waals surface area contributed by atoms with E-state index in [1.807, 2.05) is 0 Å². The van der Waals surface area contributed by atoms with E-state index in [1.54, 1.807) is 6.92 Å². The number of rotatable bonds is 3. The van der Waals surface area contributed by atoms with Gasteiger partial charge in [0.1, 0.15) is 0 Å². The summed E-state index contributed by atoms with van der Waals surface area (Å²) >= 11 is 0. The van der Waals surface area contributed by atoms with E-state index in [4.69, 9.17) is 5.11 Å². The second-order valence-corrected chi connectivity index (χ2v) is 3.24. The van der Waals surface area contributed by atoms with Gasteiger partial charge < -0.3 is 9.66 Å². The zero-order valence-electron chi connectivity index (χ0n) is 6.07. The van der Waals surface area contributed by atoms with Crippen LogP contribution >= 0.6 is 0 Å². The van der Waals surface area contributed by atoms with Gasteiger partial charge in [0.2, 0.25) is 0 Å². The summed E-state index contributed by atoms with van der Waals surface area (Å²) in [5.41, 5.74) is 0. The maximum atomic E-state index is 9.88. The average Bonchev–Trinajstić information content (AvgIpc) is 1.62. The summed E-state index contributed by atoms with van der Waals surface area (Å²) in [4.78, 5) is 0. The first-order chi connectivity index (χ1) is 3.95. The molecule has 0 rings (SSSR count). The second-order valence-electron chi connectivity index (χ2n) is 1.79. The largest absolute Gasteiger partial charge is 1.00 e. The van der Waals surface area contributed by atoms with Crippen LogP contribution in [0.4, 0.5) is 0 Å². The molecule has 0 bridgehead atoms. The van der Waals surface area contributed by atoms with Crippen LogP contribution in [0.25, 0.3) is 0 Å². The topological polar surface area (TPSA) is 77.4 Å². The van der Waals surface area contributed by atoms with E-state index in [9.17, 15) is 13.0 Å². The fraction of sp³-hybridized carbons (Fsp3) is 1.00. The van der Waals surface area contributed by atoms with Crippen LogP contribution in [-0.2, 0) is 10.1 Å². The second kappa shape index (κ2) is 5.16. The zero-order chi connectivity index (χ0) is 7.49. The van der Waals surface area contributed by atoms with Crippen LogP contribution in [0.1, 0.15) is 13.3 Å². The Morgan fingerprint density at radius 2 is 2.00 bits per heavy atom. The number of aliphatic hydroxyl groups excluding tert-OH is 1. The van der Waals surface area contributed by atoms with Gasteiger partial charge in [-0.05, 0) is 6.42 Å². The third-order valence-electron chi connectivity index (χ3n) is 0.868. The molecule has 0 aromatic carbocycles. The van der Waals surface area contributed by atoms with Crippen molar-refractivity contribution in [1.82, 2.24) is 0 Å². The van der Waals surface area contributed by atoms with Crippen molar-refractivity contribution in [2.24, 2.45) is 0 Å². The van der Waals surface area contributed by atoms with E-state index in [0.717, 1.165) is 0 Å². The molecule has 1 N–H and O–H groups in total. The van der Waals surface area contributed by atoms with Gasteiger partial charge >= 0.3 is 18.9 Å². The van der Waals surface area contributed by atoms with Crippen LogP contribution in [0, 0.1) is 0 Å². The molecule has 0 amide bonds. The minimum absolute atomic E-state index is 0. The van der Waals surface area contributed by atoms with E-state index in [0.29, 0.717) is 6.42 Å². The van der Waals surface area contributed by atoms with E-state index in [-0.39, 0.29) is 18.9 Å². The molecule has 0 radical (unpaired) electrons. The van der Waals surface area contributed by atoms with E-state index >= 15 is 0 Å². The minimum Gasteiger partial charge on any atom is -0.748 e. The van der Waals surface area contributed by atoms with Crippen LogP contribution in [0.3, 0.4) is 0 Å². The molecule has 0 saturated heterocycles. The molecule has 4 nitrogen and oxygen atoms in total. The van der Waals surface area contributed by atoms with Gasteiger partial charge in [-0.2, -0.15) is 0 Å². The minimum atomic E-state index is -4.24. The Labute approximate surface area is 72.6 Å². The molecule has 0 aliphatic carbocycles. The third kappa shape index (κ3) is 8.47. The van der Waals surface area contributed by atoms with Gasteiger partial charge in [-0.1, -0.05) is 6.92 Å². The first kappa shape index (κ1) is 13.1. The summed E-state index contributed by atoms with van der Waals surface area (Å²) in [6, 6.07) is 0. The molecule has 6 heteroatoms. The summed E-state index contributed by atoms with van der Waals surface area (Å²) in [5, 5.41) is 8.61. The first-order valence-corrected chi connectivity index (χ1v) is 4.15. The molecule has 0 spiro atoms. The van der Waals surface area contributed by atoms with Crippen molar-refractivity contribution in [2.45, 2.75) is 19.4 Å². The van der Waals surface area contributed by atoms with Crippen molar-refractivity contribution in [3.8, 4) is 0 Å². The van der Waals surface area contributed by atoms with Crippen molar-refractivity contribution in [2.75, 3.05) is 5.75 Å². The van der Waals surface area contributed by atoms with E-state index < -0.39 is 22.0 Å². The quantitative estimate of drug-likeness (QED) is 0.340. The number of aliphatic hydroxyl groups is 1. The van der Waals surface area contributed by atoms with Gasteiger partial charge in [0.15, 0.2) is 0 Å². The predicted molar refractivity (Wildman–Crippen MR) is 30.9 cm³/mol. The van der Waals surface area contributed by atoms with Crippen molar-refractivity contribution < 1.29 is 36.9 Å². The Balaban J connectivity index is 0. The van der Waals surface area contributed by atoms with Crippen LogP contribution in [0.2, 0.25) is 0 Å². The Morgan fingerprint density at radius 3 is 2.10 bits per heavy atom. The van der Waals surface area contributed by atoms with Crippen molar-refractivity contribution in [3.63, 3.8) is 0 Å². The normalized spacial score (nSPS) is 13.9. The Bertz CT molecular complexity index is 164.